The van der Waals surface area contributed by atoms with Gasteiger partial charge in [0.2, 0.25) is 0 Å². The van der Waals surface area contributed by atoms with Gasteiger partial charge in [-0.1, -0.05) is 18.6 Å². The summed E-state index contributed by atoms with van der Waals surface area (Å²) in [6.07, 6.45) is 6.79. The van der Waals surface area contributed by atoms with Crippen molar-refractivity contribution in [3.8, 4) is 0 Å². The molecule has 3 rings (SSSR count). The van der Waals surface area contributed by atoms with Crippen LogP contribution in [0.2, 0.25) is 0 Å². The maximum atomic E-state index is 13.0. The minimum atomic E-state index is -0.124. The van der Waals surface area contributed by atoms with Crippen LogP contribution in [0.1, 0.15) is 31.2 Å². The van der Waals surface area contributed by atoms with Gasteiger partial charge in [-0.05, 0) is 74.2 Å². The minimum absolute atomic E-state index is 0.124. The first kappa shape index (κ1) is 12.2. The summed E-state index contributed by atoms with van der Waals surface area (Å²) in [6.45, 7) is 2.13. The summed E-state index contributed by atoms with van der Waals surface area (Å²) in [5, 5.41) is 3.56. The van der Waals surface area contributed by atoms with E-state index in [1.807, 2.05) is 6.07 Å². The lowest BCUT2D eigenvalue weighted by Crippen LogP contribution is -2.28. The molecule has 2 fully saturated rings. The SMILES string of the molecule is Fc1cccc(CCNCC2CC3CCC2C3)c1. The number of halogens is 1. The summed E-state index contributed by atoms with van der Waals surface area (Å²) in [5.74, 6) is 2.82. The van der Waals surface area contributed by atoms with Crippen LogP contribution in [-0.4, -0.2) is 13.1 Å². The molecule has 2 saturated carbocycles. The van der Waals surface area contributed by atoms with E-state index in [9.17, 15) is 4.39 Å². The number of benzene rings is 1. The molecule has 3 unspecified atom stereocenters. The molecule has 1 nitrogen and oxygen atoms in total. The number of fused-ring (bicyclic) bond motifs is 2. The maximum Gasteiger partial charge on any atom is 0.123 e. The molecule has 98 valence electrons. The summed E-state index contributed by atoms with van der Waals surface area (Å²) in [5.41, 5.74) is 1.09. The molecule has 1 N–H and O–H groups in total. The van der Waals surface area contributed by atoms with E-state index in [1.54, 1.807) is 12.1 Å². The Hall–Kier alpha value is -0.890. The van der Waals surface area contributed by atoms with Gasteiger partial charge in [0.15, 0.2) is 0 Å². The van der Waals surface area contributed by atoms with Crippen molar-refractivity contribution in [1.82, 2.24) is 5.32 Å². The standard InChI is InChI=1S/C16H22FN/c17-16-3-1-2-12(10-16)6-7-18-11-15-9-13-4-5-14(15)8-13/h1-3,10,13-15,18H,4-9,11H2. The fraction of sp³-hybridized carbons (Fsp3) is 0.625. The predicted octanol–water partition coefficient (Wildman–Crippen LogP) is 3.39. The van der Waals surface area contributed by atoms with Crippen LogP contribution in [0.15, 0.2) is 24.3 Å². The second-order valence-electron chi connectivity index (χ2n) is 6.02. The first-order chi connectivity index (χ1) is 8.81. The van der Waals surface area contributed by atoms with Crippen molar-refractivity contribution in [3.63, 3.8) is 0 Å². The third-order valence-electron chi connectivity index (χ3n) is 4.77. The van der Waals surface area contributed by atoms with E-state index in [1.165, 1.54) is 31.7 Å². The Morgan fingerprint density at radius 1 is 1.22 bits per heavy atom. The normalized spacial score (nSPS) is 29.9. The van der Waals surface area contributed by atoms with Gasteiger partial charge in [0, 0.05) is 0 Å². The molecule has 2 aliphatic rings. The van der Waals surface area contributed by atoms with Gasteiger partial charge in [0.25, 0.3) is 0 Å². The highest BCUT2D eigenvalue weighted by Gasteiger charge is 2.38. The Balaban J connectivity index is 1.38. The zero-order valence-electron chi connectivity index (χ0n) is 10.9. The molecule has 0 saturated heterocycles. The molecule has 2 bridgehead atoms. The first-order valence-electron chi connectivity index (χ1n) is 7.26. The smallest absolute Gasteiger partial charge is 0.123 e. The lowest BCUT2D eigenvalue weighted by Gasteiger charge is -2.21. The summed E-state index contributed by atoms with van der Waals surface area (Å²) >= 11 is 0. The summed E-state index contributed by atoms with van der Waals surface area (Å²) < 4.78 is 13.0. The monoisotopic (exact) mass is 247 g/mol. The average Bonchev–Trinajstić information content (AvgIpc) is 2.97. The molecule has 18 heavy (non-hydrogen) atoms. The van der Waals surface area contributed by atoms with E-state index in [0.717, 1.165) is 42.8 Å². The van der Waals surface area contributed by atoms with E-state index in [0.29, 0.717) is 0 Å². The van der Waals surface area contributed by atoms with Gasteiger partial charge < -0.3 is 5.32 Å². The second-order valence-corrected chi connectivity index (χ2v) is 6.02. The number of hydrogen-bond donors (Lipinski definition) is 1. The Bertz CT molecular complexity index is 404. The highest BCUT2D eigenvalue weighted by molar-refractivity contribution is 5.16. The summed E-state index contributed by atoms with van der Waals surface area (Å²) in [6, 6.07) is 6.94. The molecular weight excluding hydrogens is 225 g/mol. The molecule has 3 atom stereocenters. The van der Waals surface area contributed by atoms with Crippen LogP contribution < -0.4 is 5.32 Å². The lowest BCUT2D eigenvalue weighted by molar-refractivity contribution is 0.320. The predicted molar refractivity (Wildman–Crippen MR) is 71.9 cm³/mol. The van der Waals surface area contributed by atoms with Crippen LogP contribution in [-0.2, 0) is 6.42 Å². The Labute approximate surface area is 109 Å². The van der Waals surface area contributed by atoms with Gasteiger partial charge in [-0.15, -0.1) is 0 Å². The van der Waals surface area contributed by atoms with Gasteiger partial charge in [0.05, 0.1) is 0 Å². The van der Waals surface area contributed by atoms with Gasteiger partial charge in [-0.3, -0.25) is 0 Å². The van der Waals surface area contributed by atoms with Crippen molar-refractivity contribution in [2.24, 2.45) is 17.8 Å². The van der Waals surface area contributed by atoms with Crippen molar-refractivity contribution in [2.45, 2.75) is 32.1 Å². The molecule has 0 amide bonds. The van der Waals surface area contributed by atoms with Crippen LogP contribution in [0, 0.1) is 23.6 Å². The zero-order valence-corrected chi connectivity index (χ0v) is 10.9. The zero-order chi connectivity index (χ0) is 12.4. The van der Waals surface area contributed by atoms with Crippen molar-refractivity contribution in [3.05, 3.63) is 35.6 Å². The topological polar surface area (TPSA) is 12.0 Å². The van der Waals surface area contributed by atoms with Gasteiger partial charge in [-0.2, -0.15) is 0 Å². The van der Waals surface area contributed by atoms with E-state index < -0.39 is 0 Å². The van der Waals surface area contributed by atoms with Crippen LogP contribution in [0.5, 0.6) is 0 Å². The highest BCUT2D eigenvalue weighted by atomic mass is 19.1. The number of rotatable bonds is 5. The van der Waals surface area contributed by atoms with Crippen molar-refractivity contribution in [1.29, 1.82) is 0 Å². The van der Waals surface area contributed by atoms with E-state index >= 15 is 0 Å². The second kappa shape index (κ2) is 5.40. The van der Waals surface area contributed by atoms with E-state index in [4.69, 9.17) is 0 Å². The average molecular weight is 247 g/mol. The molecule has 1 aromatic rings. The van der Waals surface area contributed by atoms with Crippen molar-refractivity contribution < 1.29 is 4.39 Å². The fourth-order valence-corrected chi connectivity index (χ4v) is 3.84. The van der Waals surface area contributed by atoms with E-state index in [-0.39, 0.29) is 5.82 Å². The van der Waals surface area contributed by atoms with Gasteiger partial charge in [0.1, 0.15) is 5.82 Å². The number of hydrogen-bond acceptors (Lipinski definition) is 1. The molecule has 0 radical (unpaired) electrons. The van der Waals surface area contributed by atoms with Crippen LogP contribution in [0.25, 0.3) is 0 Å². The summed E-state index contributed by atoms with van der Waals surface area (Å²) in [7, 11) is 0. The molecule has 0 aromatic heterocycles. The van der Waals surface area contributed by atoms with Gasteiger partial charge in [-0.25, -0.2) is 4.39 Å². The fourth-order valence-electron chi connectivity index (χ4n) is 3.84. The van der Waals surface area contributed by atoms with E-state index in [2.05, 4.69) is 5.32 Å². The highest BCUT2D eigenvalue weighted by Crippen LogP contribution is 2.47. The lowest BCUT2D eigenvalue weighted by atomic mass is 9.89. The Morgan fingerprint density at radius 2 is 2.17 bits per heavy atom. The third kappa shape index (κ3) is 2.74. The van der Waals surface area contributed by atoms with Crippen LogP contribution >= 0.6 is 0 Å². The molecule has 1 aromatic carbocycles. The minimum Gasteiger partial charge on any atom is -0.316 e. The molecule has 2 heteroatoms. The Morgan fingerprint density at radius 3 is 2.89 bits per heavy atom. The maximum absolute atomic E-state index is 13.0. The molecule has 0 heterocycles. The van der Waals surface area contributed by atoms with Gasteiger partial charge >= 0.3 is 0 Å². The first-order valence-corrected chi connectivity index (χ1v) is 7.26. The molecular formula is C16H22FN. The molecule has 2 aliphatic carbocycles. The van der Waals surface area contributed by atoms with Crippen LogP contribution in [0.4, 0.5) is 4.39 Å². The molecule has 0 spiro atoms. The molecule has 0 aliphatic heterocycles. The van der Waals surface area contributed by atoms with Crippen molar-refractivity contribution >= 4 is 0 Å². The number of nitrogens with one attached hydrogen (secondary N) is 1. The Kier molecular flexibility index (Phi) is 3.64. The van der Waals surface area contributed by atoms with Crippen LogP contribution in [0.3, 0.4) is 0 Å². The summed E-state index contributed by atoms with van der Waals surface area (Å²) in [4.78, 5) is 0. The third-order valence-corrected chi connectivity index (χ3v) is 4.77. The quantitative estimate of drug-likeness (QED) is 0.786. The largest absolute Gasteiger partial charge is 0.316 e. The van der Waals surface area contributed by atoms with Crippen molar-refractivity contribution in [2.75, 3.05) is 13.1 Å².